The normalized spacial score (nSPS) is 11.1. The van der Waals surface area contributed by atoms with E-state index in [1.807, 2.05) is 0 Å². The van der Waals surface area contributed by atoms with E-state index >= 15 is 0 Å². The minimum Gasteiger partial charge on any atom is -0.465 e. The maximum atomic E-state index is 12.4. The summed E-state index contributed by atoms with van der Waals surface area (Å²) in [6, 6.07) is 6.13. The Kier molecular flexibility index (Phi) is 4.19. The summed E-state index contributed by atoms with van der Waals surface area (Å²) in [5, 5.41) is 1.61. The zero-order valence-electron chi connectivity index (χ0n) is 11.4. The summed E-state index contributed by atoms with van der Waals surface area (Å²) in [6.07, 6.45) is 0. The van der Waals surface area contributed by atoms with Crippen molar-refractivity contribution in [3.63, 3.8) is 0 Å². The van der Waals surface area contributed by atoms with E-state index < -0.39 is 16.0 Å². The van der Waals surface area contributed by atoms with Crippen LogP contribution in [0.15, 0.2) is 34.5 Å². The topological polar surface area (TPSA) is 98.5 Å². The molecule has 0 spiro atoms. The van der Waals surface area contributed by atoms with Gasteiger partial charge < -0.3 is 10.5 Å². The van der Waals surface area contributed by atoms with Gasteiger partial charge in [0, 0.05) is 5.69 Å². The van der Waals surface area contributed by atoms with E-state index in [9.17, 15) is 13.2 Å². The molecule has 0 unspecified atom stereocenters. The van der Waals surface area contributed by atoms with Gasteiger partial charge in [0.2, 0.25) is 0 Å². The number of rotatable bonds is 4. The van der Waals surface area contributed by atoms with E-state index in [1.54, 1.807) is 24.4 Å². The Balaban J connectivity index is 2.41. The first-order valence-electron chi connectivity index (χ1n) is 5.90. The summed E-state index contributed by atoms with van der Waals surface area (Å²) in [6.45, 7) is 1.67. The first-order chi connectivity index (χ1) is 9.85. The summed E-state index contributed by atoms with van der Waals surface area (Å²) in [7, 11) is -2.59. The van der Waals surface area contributed by atoms with E-state index in [2.05, 4.69) is 9.46 Å². The van der Waals surface area contributed by atoms with Crippen LogP contribution in [0.3, 0.4) is 0 Å². The average molecular weight is 326 g/mol. The maximum Gasteiger partial charge on any atom is 0.350 e. The van der Waals surface area contributed by atoms with Crippen molar-refractivity contribution < 1.29 is 17.9 Å². The number of aryl methyl sites for hydroxylation is 1. The molecule has 2 aromatic rings. The number of thiophene rings is 1. The number of hydrogen-bond donors (Lipinski definition) is 2. The molecule has 0 saturated carbocycles. The highest BCUT2D eigenvalue weighted by atomic mass is 32.2. The van der Waals surface area contributed by atoms with Crippen LogP contribution in [-0.2, 0) is 14.8 Å². The van der Waals surface area contributed by atoms with Gasteiger partial charge in [0.05, 0.1) is 17.7 Å². The molecule has 21 heavy (non-hydrogen) atoms. The van der Waals surface area contributed by atoms with Crippen LogP contribution in [0.25, 0.3) is 0 Å². The number of esters is 1. The Morgan fingerprint density at radius 3 is 2.71 bits per heavy atom. The molecule has 0 saturated heterocycles. The minimum absolute atomic E-state index is 0.0736. The van der Waals surface area contributed by atoms with Crippen molar-refractivity contribution in [2.24, 2.45) is 0 Å². The number of nitrogens with one attached hydrogen (secondary N) is 1. The Bertz CT molecular complexity index is 781. The lowest BCUT2D eigenvalue weighted by Gasteiger charge is -2.11. The largest absolute Gasteiger partial charge is 0.465 e. The number of carbonyl (C=O) groups excluding carboxylic acids is 1. The minimum atomic E-state index is -3.83. The van der Waals surface area contributed by atoms with Crippen molar-refractivity contribution in [2.45, 2.75) is 11.8 Å². The van der Waals surface area contributed by atoms with Gasteiger partial charge in [-0.3, -0.25) is 4.72 Å². The van der Waals surface area contributed by atoms with Crippen LogP contribution in [0.5, 0.6) is 0 Å². The second-order valence-corrected chi connectivity index (χ2v) is 6.85. The second kappa shape index (κ2) is 5.74. The zero-order chi connectivity index (χ0) is 15.6. The summed E-state index contributed by atoms with van der Waals surface area (Å²) in [5.41, 5.74) is 6.73. The smallest absolute Gasteiger partial charge is 0.350 e. The quantitative estimate of drug-likeness (QED) is 0.663. The van der Waals surface area contributed by atoms with Crippen LogP contribution in [0.4, 0.5) is 11.4 Å². The molecule has 2 rings (SSSR count). The number of methoxy groups -OCH3 is 1. The number of ether oxygens (including phenoxy) is 1. The molecule has 0 radical (unpaired) electrons. The lowest BCUT2D eigenvalue weighted by atomic mass is 10.2. The monoisotopic (exact) mass is 326 g/mol. The van der Waals surface area contributed by atoms with Gasteiger partial charge in [-0.15, -0.1) is 11.3 Å². The van der Waals surface area contributed by atoms with Crippen molar-refractivity contribution in [1.29, 1.82) is 0 Å². The van der Waals surface area contributed by atoms with Gasteiger partial charge in [0.15, 0.2) is 0 Å². The molecule has 8 heteroatoms. The highest BCUT2D eigenvalue weighted by Gasteiger charge is 2.22. The molecule has 1 aromatic carbocycles. The molecule has 1 aromatic heterocycles. The lowest BCUT2D eigenvalue weighted by molar-refractivity contribution is 0.0607. The standard InChI is InChI=1S/C13H14N2O4S2/c1-8-3-4-9(14)7-11(8)21(17,18)15-10-5-6-20-12(10)13(16)19-2/h3-7,15H,14H2,1-2H3. The third kappa shape index (κ3) is 3.17. The van der Waals surface area contributed by atoms with Crippen LogP contribution in [0.1, 0.15) is 15.2 Å². The van der Waals surface area contributed by atoms with E-state index in [1.165, 1.54) is 19.2 Å². The molecule has 0 atom stereocenters. The Labute approximate surface area is 126 Å². The van der Waals surface area contributed by atoms with Crippen molar-refractivity contribution in [2.75, 3.05) is 17.6 Å². The fraction of sp³-hybridized carbons (Fsp3) is 0.154. The van der Waals surface area contributed by atoms with Crippen LogP contribution >= 0.6 is 11.3 Å². The molecule has 0 amide bonds. The van der Waals surface area contributed by atoms with E-state index in [4.69, 9.17) is 5.73 Å². The van der Waals surface area contributed by atoms with Gasteiger partial charge in [0.1, 0.15) is 4.88 Å². The van der Waals surface area contributed by atoms with E-state index in [0.717, 1.165) is 11.3 Å². The molecule has 6 nitrogen and oxygen atoms in total. The number of sulfonamides is 1. The summed E-state index contributed by atoms with van der Waals surface area (Å²) in [5.74, 6) is -0.591. The molecule has 112 valence electrons. The van der Waals surface area contributed by atoms with Gasteiger partial charge in [0.25, 0.3) is 10.0 Å². The van der Waals surface area contributed by atoms with Crippen molar-refractivity contribution in [3.8, 4) is 0 Å². The predicted molar refractivity (Wildman–Crippen MR) is 82.1 cm³/mol. The molecule has 0 fully saturated rings. The number of hydrogen-bond acceptors (Lipinski definition) is 6. The van der Waals surface area contributed by atoms with Crippen LogP contribution in [0, 0.1) is 6.92 Å². The van der Waals surface area contributed by atoms with Gasteiger partial charge in [-0.1, -0.05) is 6.07 Å². The Morgan fingerprint density at radius 2 is 2.05 bits per heavy atom. The van der Waals surface area contributed by atoms with Gasteiger partial charge in [-0.2, -0.15) is 0 Å². The predicted octanol–water partition coefficient (Wildman–Crippen LogP) is 2.23. The highest BCUT2D eigenvalue weighted by Crippen LogP contribution is 2.27. The summed E-state index contributed by atoms with van der Waals surface area (Å²) >= 11 is 1.10. The fourth-order valence-electron chi connectivity index (χ4n) is 1.75. The summed E-state index contributed by atoms with van der Waals surface area (Å²) in [4.78, 5) is 11.8. The third-order valence-corrected chi connectivity index (χ3v) is 5.18. The first kappa shape index (κ1) is 15.3. The number of anilines is 2. The lowest BCUT2D eigenvalue weighted by Crippen LogP contribution is -2.16. The van der Waals surface area contributed by atoms with Gasteiger partial charge in [-0.25, -0.2) is 13.2 Å². The van der Waals surface area contributed by atoms with E-state index in [-0.39, 0.29) is 15.5 Å². The Morgan fingerprint density at radius 1 is 1.33 bits per heavy atom. The molecule has 0 aliphatic carbocycles. The first-order valence-corrected chi connectivity index (χ1v) is 8.26. The number of nitrogen functional groups attached to an aromatic ring is 1. The van der Waals surface area contributed by atoms with Crippen LogP contribution in [-0.4, -0.2) is 21.5 Å². The molecular weight excluding hydrogens is 312 g/mol. The zero-order valence-corrected chi connectivity index (χ0v) is 13.0. The van der Waals surface area contributed by atoms with Crippen molar-refractivity contribution >= 4 is 38.7 Å². The molecule has 0 bridgehead atoms. The van der Waals surface area contributed by atoms with Gasteiger partial charge >= 0.3 is 5.97 Å². The second-order valence-electron chi connectivity index (χ2n) is 4.29. The average Bonchev–Trinajstić information content (AvgIpc) is 2.87. The Hall–Kier alpha value is -2.06. The molecule has 3 N–H and O–H groups in total. The SMILES string of the molecule is COC(=O)c1sccc1NS(=O)(=O)c1cc(N)ccc1C. The molecule has 1 heterocycles. The number of nitrogens with two attached hydrogens (primary N) is 1. The highest BCUT2D eigenvalue weighted by molar-refractivity contribution is 7.92. The molecule has 0 aliphatic heterocycles. The maximum absolute atomic E-state index is 12.4. The number of carbonyl (C=O) groups is 1. The molecule has 0 aliphatic rings. The van der Waals surface area contributed by atoms with Gasteiger partial charge in [-0.05, 0) is 36.1 Å². The third-order valence-electron chi connectivity index (χ3n) is 2.78. The van der Waals surface area contributed by atoms with Crippen molar-refractivity contribution in [3.05, 3.63) is 40.1 Å². The summed E-state index contributed by atoms with van der Waals surface area (Å²) < 4.78 is 31.9. The van der Waals surface area contributed by atoms with E-state index in [0.29, 0.717) is 11.3 Å². The van der Waals surface area contributed by atoms with Crippen molar-refractivity contribution in [1.82, 2.24) is 0 Å². The fourth-order valence-corrected chi connectivity index (χ4v) is 3.93. The van der Waals surface area contributed by atoms with Crippen LogP contribution < -0.4 is 10.5 Å². The van der Waals surface area contributed by atoms with Crippen LogP contribution in [0.2, 0.25) is 0 Å². The number of benzene rings is 1. The molecular formula is C13H14N2O4S2.